The van der Waals surface area contributed by atoms with Crippen LogP contribution in [0, 0.1) is 5.82 Å². The van der Waals surface area contributed by atoms with E-state index >= 15 is 0 Å². The van der Waals surface area contributed by atoms with Gasteiger partial charge in [-0.15, -0.1) is 0 Å². The molecule has 1 aromatic rings. The van der Waals surface area contributed by atoms with Gasteiger partial charge in [0, 0.05) is 0 Å². The molecule has 0 aliphatic rings. The van der Waals surface area contributed by atoms with Gasteiger partial charge in [0.05, 0.1) is 12.7 Å². The van der Waals surface area contributed by atoms with Gasteiger partial charge in [-0.2, -0.15) is 0 Å². The second-order valence-electron chi connectivity index (χ2n) is 3.08. The van der Waals surface area contributed by atoms with E-state index in [4.69, 9.17) is 14.9 Å². The minimum atomic E-state index is -2.11. The number of aliphatic hydroxyl groups is 2. The molecule has 3 N–H and O–H groups in total. The number of aliphatic hydroxyl groups excluding tert-OH is 2. The minimum absolute atomic E-state index is 0.0206. The summed E-state index contributed by atoms with van der Waals surface area (Å²) in [7, 11) is 1.25. The number of halogens is 1. The number of rotatable bonds is 4. The van der Waals surface area contributed by atoms with E-state index in [2.05, 4.69) is 0 Å². The number of aliphatic carboxylic acids is 1. The normalized spacial score (nSPS) is 14.2. The van der Waals surface area contributed by atoms with Gasteiger partial charge >= 0.3 is 5.97 Å². The molecule has 0 spiro atoms. The number of hydrogen-bond donors (Lipinski definition) is 3. The van der Waals surface area contributed by atoms with E-state index in [0.29, 0.717) is 0 Å². The maximum Gasteiger partial charge on any atom is 0.335 e. The Morgan fingerprint density at radius 3 is 2.56 bits per heavy atom. The molecule has 2 atom stereocenters. The number of methoxy groups -OCH3 is 1. The average Bonchev–Trinajstić information content (AvgIpc) is 2.26. The number of carboxylic acids is 1. The predicted octanol–water partition coefficient (Wildman–Crippen LogP) is 0.313. The van der Waals surface area contributed by atoms with Crippen molar-refractivity contribution in [2.45, 2.75) is 12.2 Å². The van der Waals surface area contributed by atoms with Gasteiger partial charge in [0.2, 0.25) is 0 Å². The van der Waals surface area contributed by atoms with Gasteiger partial charge in [0.15, 0.2) is 6.10 Å². The van der Waals surface area contributed by atoms with Crippen molar-refractivity contribution in [1.29, 1.82) is 0 Å². The van der Waals surface area contributed by atoms with E-state index in [1.165, 1.54) is 19.2 Å². The van der Waals surface area contributed by atoms with Crippen LogP contribution < -0.4 is 4.74 Å². The summed E-state index contributed by atoms with van der Waals surface area (Å²) in [6.07, 6.45) is -3.99. The summed E-state index contributed by atoms with van der Waals surface area (Å²) in [5.41, 5.74) is -0.375. The highest BCUT2D eigenvalue weighted by molar-refractivity contribution is 5.73. The zero-order valence-corrected chi connectivity index (χ0v) is 8.42. The van der Waals surface area contributed by atoms with E-state index in [1.54, 1.807) is 0 Å². The van der Waals surface area contributed by atoms with Crippen molar-refractivity contribution in [2.24, 2.45) is 0 Å². The Bertz CT molecular complexity index is 393. The van der Waals surface area contributed by atoms with Crippen molar-refractivity contribution in [3.8, 4) is 5.75 Å². The van der Waals surface area contributed by atoms with Crippen LogP contribution in [-0.4, -0.2) is 34.5 Å². The van der Waals surface area contributed by atoms with E-state index < -0.39 is 24.0 Å². The molecule has 1 rings (SSSR count). The maximum absolute atomic E-state index is 13.4. The van der Waals surface area contributed by atoms with Crippen molar-refractivity contribution in [1.82, 2.24) is 0 Å². The maximum atomic E-state index is 13.4. The number of ether oxygens (including phenoxy) is 1. The third kappa shape index (κ3) is 2.29. The van der Waals surface area contributed by atoms with Crippen LogP contribution in [0.1, 0.15) is 11.7 Å². The lowest BCUT2D eigenvalue weighted by molar-refractivity contribution is -0.153. The summed E-state index contributed by atoms with van der Waals surface area (Å²) in [6.45, 7) is 0. The lowest BCUT2D eigenvalue weighted by Gasteiger charge is -2.17. The molecule has 88 valence electrons. The fourth-order valence-electron chi connectivity index (χ4n) is 1.28. The molecule has 0 radical (unpaired) electrons. The third-order valence-electron chi connectivity index (χ3n) is 2.08. The summed E-state index contributed by atoms with van der Waals surface area (Å²) < 4.78 is 18.1. The van der Waals surface area contributed by atoms with Crippen LogP contribution in [0.2, 0.25) is 0 Å². The monoisotopic (exact) mass is 230 g/mol. The molecule has 0 bridgehead atoms. The number of carboxylic acid groups (broad SMARTS) is 1. The average molecular weight is 230 g/mol. The molecule has 0 heterocycles. The van der Waals surface area contributed by atoms with E-state index in [0.717, 1.165) is 6.07 Å². The van der Waals surface area contributed by atoms with Crippen molar-refractivity contribution in [2.75, 3.05) is 7.11 Å². The van der Waals surface area contributed by atoms with Crippen LogP contribution in [0.4, 0.5) is 4.39 Å². The number of carbonyl (C=O) groups is 1. The van der Waals surface area contributed by atoms with Crippen LogP contribution in [0.25, 0.3) is 0 Å². The molecular weight excluding hydrogens is 219 g/mol. The first-order chi connectivity index (χ1) is 7.49. The Morgan fingerprint density at radius 1 is 1.44 bits per heavy atom. The summed E-state index contributed by atoms with van der Waals surface area (Å²) in [6, 6.07) is 3.74. The summed E-state index contributed by atoms with van der Waals surface area (Å²) in [4.78, 5) is 10.5. The molecule has 2 unspecified atom stereocenters. The van der Waals surface area contributed by atoms with Crippen LogP contribution in [0.5, 0.6) is 5.75 Å². The first-order valence-corrected chi connectivity index (χ1v) is 4.40. The second-order valence-corrected chi connectivity index (χ2v) is 3.08. The van der Waals surface area contributed by atoms with Crippen LogP contribution in [0.3, 0.4) is 0 Å². The van der Waals surface area contributed by atoms with Crippen molar-refractivity contribution in [3.05, 3.63) is 29.6 Å². The molecule has 6 heteroatoms. The molecule has 0 saturated carbocycles. The number of hydrogen-bond acceptors (Lipinski definition) is 4. The minimum Gasteiger partial charge on any atom is -0.496 e. The Labute approximate surface area is 90.7 Å². The largest absolute Gasteiger partial charge is 0.496 e. The van der Waals surface area contributed by atoms with Gasteiger partial charge in [-0.3, -0.25) is 0 Å². The molecule has 16 heavy (non-hydrogen) atoms. The van der Waals surface area contributed by atoms with Crippen molar-refractivity contribution >= 4 is 5.97 Å². The Kier molecular flexibility index (Phi) is 3.81. The van der Waals surface area contributed by atoms with Gasteiger partial charge in [-0.25, -0.2) is 9.18 Å². The van der Waals surface area contributed by atoms with Gasteiger partial charge in [-0.05, 0) is 12.1 Å². The molecule has 1 aromatic carbocycles. The fraction of sp³-hybridized carbons (Fsp3) is 0.300. The summed E-state index contributed by atoms with van der Waals surface area (Å²) >= 11 is 0. The van der Waals surface area contributed by atoms with E-state index in [9.17, 15) is 14.3 Å². The van der Waals surface area contributed by atoms with Crippen molar-refractivity contribution in [3.63, 3.8) is 0 Å². The molecule has 5 nitrogen and oxygen atoms in total. The van der Waals surface area contributed by atoms with Crippen LogP contribution >= 0.6 is 0 Å². The first kappa shape index (κ1) is 12.4. The molecule has 0 amide bonds. The van der Waals surface area contributed by atoms with Crippen LogP contribution in [0.15, 0.2) is 18.2 Å². The summed E-state index contributed by atoms with van der Waals surface area (Å²) in [5, 5.41) is 27.1. The zero-order chi connectivity index (χ0) is 12.3. The van der Waals surface area contributed by atoms with Gasteiger partial charge in [-0.1, -0.05) is 6.07 Å². The standard InChI is InChI=1S/C10H11FO5/c1-16-6-4-2-3-5(11)7(6)8(12)9(13)10(14)15/h2-4,8-9,12-13H,1H3,(H,14,15). The Hall–Kier alpha value is -1.66. The van der Waals surface area contributed by atoms with Gasteiger partial charge in [0.25, 0.3) is 0 Å². The first-order valence-electron chi connectivity index (χ1n) is 4.40. The van der Waals surface area contributed by atoms with Crippen LogP contribution in [-0.2, 0) is 4.79 Å². The highest BCUT2D eigenvalue weighted by Gasteiger charge is 2.29. The highest BCUT2D eigenvalue weighted by Crippen LogP contribution is 2.29. The number of benzene rings is 1. The molecule has 0 aliphatic carbocycles. The Balaban J connectivity index is 3.16. The lowest BCUT2D eigenvalue weighted by Crippen LogP contribution is -2.28. The predicted molar refractivity (Wildman–Crippen MR) is 51.6 cm³/mol. The zero-order valence-electron chi connectivity index (χ0n) is 8.42. The van der Waals surface area contributed by atoms with Crippen molar-refractivity contribution < 1.29 is 29.2 Å². The molecule has 0 aromatic heterocycles. The third-order valence-corrected chi connectivity index (χ3v) is 2.08. The molecule has 0 fully saturated rings. The smallest absolute Gasteiger partial charge is 0.335 e. The molecular formula is C10H11FO5. The molecule has 0 saturated heterocycles. The second kappa shape index (κ2) is 4.91. The fourth-order valence-corrected chi connectivity index (χ4v) is 1.28. The SMILES string of the molecule is COc1cccc(F)c1C(O)C(O)C(=O)O. The van der Waals surface area contributed by atoms with E-state index in [1.807, 2.05) is 0 Å². The quantitative estimate of drug-likeness (QED) is 0.693. The van der Waals surface area contributed by atoms with E-state index in [-0.39, 0.29) is 11.3 Å². The lowest BCUT2D eigenvalue weighted by atomic mass is 10.0. The van der Waals surface area contributed by atoms with Gasteiger partial charge < -0.3 is 20.1 Å². The molecule has 0 aliphatic heterocycles. The highest BCUT2D eigenvalue weighted by atomic mass is 19.1. The Morgan fingerprint density at radius 2 is 2.06 bits per heavy atom. The summed E-state index contributed by atoms with van der Waals surface area (Å²) in [5.74, 6) is -2.50. The van der Waals surface area contributed by atoms with Gasteiger partial charge in [0.1, 0.15) is 17.7 Å². The topological polar surface area (TPSA) is 87.0 Å².